The molecule has 16 heavy (non-hydrogen) atoms. The van der Waals surface area contributed by atoms with Gasteiger partial charge < -0.3 is 15.3 Å². The molecule has 5 nitrogen and oxygen atoms in total. The van der Waals surface area contributed by atoms with Gasteiger partial charge in [-0.05, 0) is 19.6 Å². The van der Waals surface area contributed by atoms with E-state index in [0.29, 0.717) is 19.5 Å². The fraction of sp³-hybridized carbons (Fsp3) is 0.800. The summed E-state index contributed by atoms with van der Waals surface area (Å²) < 4.78 is 0. The Morgan fingerprint density at radius 1 is 1.62 bits per heavy atom. The molecule has 0 spiro atoms. The third-order valence-corrected chi connectivity index (χ3v) is 3.44. The van der Waals surface area contributed by atoms with Crippen molar-refractivity contribution in [3.8, 4) is 0 Å². The van der Waals surface area contributed by atoms with Crippen LogP contribution in [0, 0.1) is 5.92 Å². The number of hydrogen-bond donors (Lipinski definition) is 2. The second-order valence-electron chi connectivity index (χ2n) is 4.08. The van der Waals surface area contributed by atoms with Crippen LogP contribution in [-0.4, -0.2) is 53.1 Å². The lowest BCUT2D eigenvalue weighted by Gasteiger charge is -2.20. The van der Waals surface area contributed by atoms with E-state index in [2.05, 4.69) is 5.32 Å². The third-order valence-electron chi connectivity index (χ3n) is 2.61. The number of carboxylic acids is 1. The van der Waals surface area contributed by atoms with Crippen LogP contribution in [0.1, 0.15) is 13.3 Å². The summed E-state index contributed by atoms with van der Waals surface area (Å²) >= 11 is 1.67. The summed E-state index contributed by atoms with van der Waals surface area (Å²) in [5, 5.41) is 11.7. The molecular weight excluding hydrogens is 228 g/mol. The van der Waals surface area contributed by atoms with Gasteiger partial charge in [-0.1, -0.05) is 0 Å². The Labute approximate surface area is 99.6 Å². The molecule has 1 saturated heterocycles. The molecule has 2 atom stereocenters. The van der Waals surface area contributed by atoms with E-state index in [0.717, 1.165) is 5.75 Å². The average Bonchev–Trinajstić information content (AvgIpc) is 2.66. The number of nitrogens with zero attached hydrogens (tertiary/aromatic N) is 1. The van der Waals surface area contributed by atoms with Crippen LogP contribution in [0.2, 0.25) is 0 Å². The molecule has 2 unspecified atom stereocenters. The minimum absolute atomic E-state index is 0.117. The topological polar surface area (TPSA) is 69.6 Å². The molecule has 1 heterocycles. The second-order valence-corrected chi connectivity index (χ2v) is 4.99. The van der Waals surface area contributed by atoms with Gasteiger partial charge in [-0.2, -0.15) is 11.8 Å². The first kappa shape index (κ1) is 13.2. The van der Waals surface area contributed by atoms with E-state index in [9.17, 15) is 9.59 Å². The fourth-order valence-electron chi connectivity index (χ4n) is 1.74. The van der Waals surface area contributed by atoms with E-state index in [-0.39, 0.29) is 12.1 Å². The maximum atomic E-state index is 11.7. The number of hydrogen-bond acceptors (Lipinski definition) is 3. The number of carbonyl (C=O) groups excluding carboxylic acids is 1. The van der Waals surface area contributed by atoms with Crippen molar-refractivity contribution in [2.75, 3.05) is 25.1 Å². The van der Waals surface area contributed by atoms with Crippen LogP contribution >= 0.6 is 11.8 Å². The van der Waals surface area contributed by atoms with Crippen molar-refractivity contribution in [2.45, 2.75) is 19.4 Å². The summed E-state index contributed by atoms with van der Waals surface area (Å²) in [6.45, 7) is 2.81. The molecule has 0 aromatic carbocycles. The third kappa shape index (κ3) is 3.59. The minimum atomic E-state index is -0.813. The monoisotopic (exact) mass is 246 g/mol. The maximum Gasteiger partial charge on any atom is 0.317 e. The number of rotatable bonds is 4. The molecule has 1 aliphatic rings. The molecule has 1 rings (SSSR count). The van der Waals surface area contributed by atoms with Gasteiger partial charge in [0.15, 0.2) is 0 Å². The van der Waals surface area contributed by atoms with Crippen LogP contribution in [0.15, 0.2) is 0 Å². The predicted octanol–water partition coefficient (Wildman–Crippen LogP) is 0.854. The number of aliphatic carboxylic acids is 1. The molecule has 0 radical (unpaired) electrons. The van der Waals surface area contributed by atoms with Crippen LogP contribution in [0.4, 0.5) is 4.79 Å². The molecule has 1 fully saturated rings. The Balaban J connectivity index is 2.36. The predicted molar refractivity (Wildman–Crippen MR) is 63.7 cm³/mol. The summed E-state index contributed by atoms with van der Waals surface area (Å²) in [7, 11) is 0. The quantitative estimate of drug-likeness (QED) is 0.771. The summed E-state index contributed by atoms with van der Waals surface area (Å²) in [6.07, 6.45) is 2.54. The van der Waals surface area contributed by atoms with Crippen molar-refractivity contribution < 1.29 is 14.7 Å². The molecule has 92 valence electrons. The molecule has 2 N–H and O–H groups in total. The molecule has 6 heteroatoms. The Hall–Kier alpha value is -0.910. The Bertz CT molecular complexity index is 273. The number of urea groups is 1. The van der Waals surface area contributed by atoms with Crippen LogP contribution in [0.5, 0.6) is 0 Å². The van der Waals surface area contributed by atoms with E-state index >= 15 is 0 Å². The zero-order valence-electron chi connectivity index (χ0n) is 9.60. The zero-order valence-corrected chi connectivity index (χ0v) is 10.4. The molecule has 0 bridgehead atoms. The first-order valence-corrected chi connectivity index (χ1v) is 6.71. The van der Waals surface area contributed by atoms with E-state index in [1.54, 1.807) is 16.7 Å². The van der Waals surface area contributed by atoms with Gasteiger partial charge in [0.1, 0.15) is 0 Å². The molecule has 0 saturated carbocycles. The number of carboxylic acid groups (broad SMARTS) is 1. The van der Waals surface area contributed by atoms with E-state index in [4.69, 9.17) is 5.11 Å². The number of likely N-dealkylation sites (tertiary alicyclic amines) is 1. The molecule has 0 aromatic rings. The summed E-state index contributed by atoms with van der Waals surface area (Å²) in [4.78, 5) is 24.0. The van der Waals surface area contributed by atoms with Gasteiger partial charge in [-0.25, -0.2) is 4.79 Å². The maximum absolute atomic E-state index is 11.7. The Morgan fingerprint density at radius 2 is 2.31 bits per heavy atom. The lowest BCUT2D eigenvalue weighted by molar-refractivity contribution is -0.141. The number of nitrogens with one attached hydrogen (secondary N) is 1. The smallest absolute Gasteiger partial charge is 0.317 e. The highest BCUT2D eigenvalue weighted by atomic mass is 32.2. The summed E-state index contributed by atoms with van der Waals surface area (Å²) in [6, 6.07) is -0.0309. The minimum Gasteiger partial charge on any atom is -0.481 e. The summed E-state index contributed by atoms with van der Waals surface area (Å²) in [5.74, 6) is -0.351. The van der Waals surface area contributed by atoms with Gasteiger partial charge in [0.2, 0.25) is 0 Å². The van der Waals surface area contributed by atoms with E-state index in [1.807, 2.05) is 13.2 Å². The SMILES string of the molecule is CSCC(C)NC(=O)N1CCC(C(=O)O)C1. The van der Waals surface area contributed by atoms with Crippen LogP contribution in [0.3, 0.4) is 0 Å². The van der Waals surface area contributed by atoms with Crippen LogP contribution in [0.25, 0.3) is 0 Å². The highest BCUT2D eigenvalue weighted by Crippen LogP contribution is 2.16. The lowest BCUT2D eigenvalue weighted by atomic mass is 10.1. The van der Waals surface area contributed by atoms with Crippen molar-refractivity contribution in [3.05, 3.63) is 0 Å². The summed E-state index contributed by atoms with van der Waals surface area (Å²) in [5.41, 5.74) is 0. The van der Waals surface area contributed by atoms with Gasteiger partial charge in [0.25, 0.3) is 0 Å². The van der Waals surface area contributed by atoms with Crippen LogP contribution in [-0.2, 0) is 4.79 Å². The normalized spacial score (nSPS) is 21.9. The van der Waals surface area contributed by atoms with Crippen molar-refractivity contribution in [1.29, 1.82) is 0 Å². The van der Waals surface area contributed by atoms with Crippen LogP contribution < -0.4 is 5.32 Å². The Kier molecular flexibility index (Phi) is 4.92. The van der Waals surface area contributed by atoms with E-state index in [1.165, 1.54) is 0 Å². The zero-order chi connectivity index (χ0) is 12.1. The van der Waals surface area contributed by atoms with Gasteiger partial charge in [-0.15, -0.1) is 0 Å². The van der Waals surface area contributed by atoms with Crippen molar-refractivity contribution in [3.63, 3.8) is 0 Å². The number of carbonyl (C=O) groups is 2. The first-order chi connectivity index (χ1) is 7.54. The lowest BCUT2D eigenvalue weighted by Crippen LogP contribution is -2.43. The van der Waals surface area contributed by atoms with Crippen molar-refractivity contribution in [1.82, 2.24) is 10.2 Å². The van der Waals surface area contributed by atoms with E-state index < -0.39 is 11.9 Å². The van der Waals surface area contributed by atoms with Crippen molar-refractivity contribution in [2.24, 2.45) is 5.92 Å². The van der Waals surface area contributed by atoms with Gasteiger partial charge >= 0.3 is 12.0 Å². The molecular formula is C10H18N2O3S. The Morgan fingerprint density at radius 3 is 2.81 bits per heavy atom. The van der Waals surface area contributed by atoms with Gasteiger partial charge in [-0.3, -0.25) is 4.79 Å². The molecule has 0 aliphatic carbocycles. The molecule has 0 aromatic heterocycles. The molecule has 2 amide bonds. The standard InChI is InChI=1S/C10H18N2O3S/c1-7(6-16-2)11-10(15)12-4-3-8(5-12)9(13)14/h7-8H,3-6H2,1-2H3,(H,11,15)(H,13,14). The fourth-order valence-corrected chi connectivity index (χ4v) is 2.32. The average molecular weight is 246 g/mol. The second kappa shape index (κ2) is 5.98. The molecule has 1 aliphatic heterocycles. The highest BCUT2D eigenvalue weighted by molar-refractivity contribution is 7.98. The highest BCUT2D eigenvalue weighted by Gasteiger charge is 2.31. The van der Waals surface area contributed by atoms with Gasteiger partial charge in [0.05, 0.1) is 5.92 Å². The first-order valence-electron chi connectivity index (χ1n) is 5.31. The largest absolute Gasteiger partial charge is 0.481 e. The van der Waals surface area contributed by atoms with Gasteiger partial charge in [0, 0.05) is 24.9 Å². The number of amides is 2. The van der Waals surface area contributed by atoms with Crippen molar-refractivity contribution >= 4 is 23.8 Å². The number of thioether (sulfide) groups is 1.